The Morgan fingerprint density at radius 1 is 1.08 bits per heavy atom. The van der Waals surface area contributed by atoms with E-state index in [4.69, 9.17) is 11.6 Å². The molecule has 3 aromatic rings. The van der Waals surface area contributed by atoms with E-state index in [2.05, 4.69) is 15.1 Å². The number of halogens is 1. The van der Waals surface area contributed by atoms with Gasteiger partial charge in [0, 0.05) is 22.5 Å². The van der Waals surface area contributed by atoms with Gasteiger partial charge in [0.1, 0.15) is 0 Å². The molecule has 132 valence electrons. The molecular formula is C21H20ClN3O. The summed E-state index contributed by atoms with van der Waals surface area (Å²) in [5.74, 6) is -0.232. The first-order chi connectivity index (χ1) is 12.5. The lowest BCUT2D eigenvalue weighted by atomic mass is 10.1. The summed E-state index contributed by atoms with van der Waals surface area (Å²) in [6, 6.07) is 17.1. The molecule has 26 heavy (non-hydrogen) atoms. The number of para-hydroxylation sites is 1. The maximum atomic E-state index is 12.2. The van der Waals surface area contributed by atoms with Crippen molar-refractivity contribution in [2.75, 3.05) is 0 Å². The third-order valence-electron chi connectivity index (χ3n) is 4.21. The molecule has 0 radical (unpaired) electrons. The number of hydrogen-bond donors (Lipinski definition) is 1. The van der Waals surface area contributed by atoms with Crippen molar-refractivity contribution in [1.29, 1.82) is 0 Å². The van der Waals surface area contributed by atoms with Crippen molar-refractivity contribution in [1.82, 2.24) is 9.99 Å². The van der Waals surface area contributed by atoms with Gasteiger partial charge in [0.05, 0.1) is 16.9 Å². The van der Waals surface area contributed by atoms with Gasteiger partial charge in [-0.05, 0) is 51.1 Å². The van der Waals surface area contributed by atoms with Gasteiger partial charge in [-0.3, -0.25) is 4.79 Å². The topological polar surface area (TPSA) is 46.4 Å². The van der Waals surface area contributed by atoms with Crippen LogP contribution in [0, 0.1) is 20.8 Å². The molecule has 0 aliphatic heterocycles. The Morgan fingerprint density at radius 3 is 2.58 bits per heavy atom. The molecule has 0 saturated heterocycles. The summed E-state index contributed by atoms with van der Waals surface area (Å²) in [6.07, 6.45) is 1.66. The average molecular weight is 366 g/mol. The van der Waals surface area contributed by atoms with Gasteiger partial charge in [-0.15, -0.1) is 0 Å². The van der Waals surface area contributed by atoms with Gasteiger partial charge >= 0.3 is 0 Å². The molecule has 2 aromatic carbocycles. The Kier molecular flexibility index (Phi) is 5.24. The lowest BCUT2D eigenvalue weighted by molar-refractivity contribution is 0.0955. The van der Waals surface area contributed by atoms with Crippen LogP contribution >= 0.6 is 11.6 Å². The van der Waals surface area contributed by atoms with Gasteiger partial charge in [-0.2, -0.15) is 5.10 Å². The molecule has 0 aliphatic carbocycles. The lowest BCUT2D eigenvalue weighted by Crippen LogP contribution is -2.17. The Balaban J connectivity index is 1.81. The predicted octanol–water partition coefficient (Wildman–Crippen LogP) is 4.82. The van der Waals surface area contributed by atoms with Crippen molar-refractivity contribution in [3.8, 4) is 5.69 Å². The molecule has 3 rings (SSSR count). The van der Waals surface area contributed by atoms with Crippen LogP contribution in [0.25, 0.3) is 5.69 Å². The monoisotopic (exact) mass is 365 g/mol. The predicted molar refractivity (Wildman–Crippen MR) is 106 cm³/mol. The number of amides is 1. The summed E-state index contributed by atoms with van der Waals surface area (Å²) in [6.45, 7) is 5.96. The van der Waals surface area contributed by atoms with E-state index in [-0.39, 0.29) is 5.91 Å². The van der Waals surface area contributed by atoms with Crippen LogP contribution in [-0.4, -0.2) is 16.7 Å². The quantitative estimate of drug-likeness (QED) is 0.523. The minimum absolute atomic E-state index is 0.232. The summed E-state index contributed by atoms with van der Waals surface area (Å²) in [5, 5.41) is 4.79. The number of hydrogen-bond acceptors (Lipinski definition) is 2. The molecule has 0 fully saturated rings. The molecule has 4 nitrogen and oxygen atoms in total. The smallest absolute Gasteiger partial charge is 0.271 e. The molecule has 1 N–H and O–H groups in total. The number of aromatic nitrogens is 1. The first-order valence-corrected chi connectivity index (χ1v) is 8.69. The van der Waals surface area contributed by atoms with E-state index in [0.717, 1.165) is 28.2 Å². The van der Waals surface area contributed by atoms with Gasteiger partial charge in [0.15, 0.2) is 0 Å². The van der Waals surface area contributed by atoms with Crippen LogP contribution in [0.15, 0.2) is 59.7 Å². The van der Waals surface area contributed by atoms with E-state index >= 15 is 0 Å². The van der Waals surface area contributed by atoms with E-state index in [1.54, 1.807) is 12.3 Å². The van der Waals surface area contributed by atoms with Gasteiger partial charge in [0.25, 0.3) is 5.91 Å². The SMILES string of the molecule is Cc1cccc(C(=O)N/N=C\c2cc(C)n(-c3ccccc3Cl)c2C)c1. The minimum Gasteiger partial charge on any atom is -0.316 e. The van der Waals surface area contributed by atoms with Gasteiger partial charge in [0.2, 0.25) is 0 Å². The third kappa shape index (κ3) is 3.70. The average Bonchev–Trinajstić information content (AvgIpc) is 2.89. The first-order valence-electron chi connectivity index (χ1n) is 8.31. The highest BCUT2D eigenvalue weighted by Gasteiger charge is 2.11. The van der Waals surface area contributed by atoms with Crippen molar-refractivity contribution in [3.05, 3.63) is 87.7 Å². The highest BCUT2D eigenvalue weighted by atomic mass is 35.5. The molecule has 0 saturated carbocycles. The summed E-state index contributed by atoms with van der Waals surface area (Å²) in [4.78, 5) is 12.2. The maximum absolute atomic E-state index is 12.2. The molecule has 0 atom stereocenters. The number of aryl methyl sites for hydroxylation is 2. The Labute approximate surface area is 158 Å². The van der Waals surface area contributed by atoms with E-state index in [1.807, 2.05) is 69.3 Å². The zero-order chi connectivity index (χ0) is 18.7. The van der Waals surface area contributed by atoms with Crippen molar-refractivity contribution in [2.24, 2.45) is 5.10 Å². The first kappa shape index (κ1) is 18.0. The summed E-state index contributed by atoms with van der Waals surface area (Å²) in [5.41, 5.74) is 8.09. The molecule has 5 heteroatoms. The fourth-order valence-electron chi connectivity index (χ4n) is 2.93. The molecule has 0 unspecified atom stereocenters. The molecular weight excluding hydrogens is 346 g/mol. The third-order valence-corrected chi connectivity index (χ3v) is 4.53. The number of nitrogens with one attached hydrogen (secondary N) is 1. The van der Waals surface area contributed by atoms with Gasteiger partial charge in [-0.1, -0.05) is 41.4 Å². The van der Waals surface area contributed by atoms with Crippen molar-refractivity contribution < 1.29 is 4.79 Å². The number of benzene rings is 2. The summed E-state index contributed by atoms with van der Waals surface area (Å²) in [7, 11) is 0. The number of nitrogens with zero attached hydrogens (tertiary/aromatic N) is 2. The van der Waals surface area contributed by atoms with Gasteiger partial charge in [-0.25, -0.2) is 5.43 Å². The molecule has 1 heterocycles. The summed E-state index contributed by atoms with van der Waals surface area (Å²) >= 11 is 6.33. The van der Waals surface area contributed by atoms with Crippen LogP contribution in [0.3, 0.4) is 0 Å². The second kappa shape index (κ2) is 7.58. The second-order valence-corrected chi connectivity index (χ2v) is 6.59. The van der Waals surface area contributed by atoms with Gasteiger partial charge < -0.3 is 4.57 Å². The van der Waals surface area contributed by atoms with Crippen molar-refractivity contribution in [2.45, 2.75) is 20.8 Å². The van der Waals surface area contributed by atoms with Crippen LogP contribution in [0.1, 0.15) is 32.9 Å². The zero-order valence-corrected chi connectivity index (χ0v) is 15.7. The van der Waals surface area contributed by atoms with Crippen LogP contribution in [-0.2, 0) is 0 Å². The fourth-order valence-corrected chi connectivity index (χ4v) is 3.15. The molecule has 0 bridgehead atoms. The lowest BCUT2D eigenvalue weighted by Gasteiger charge is -2.11. The molecule has 1 amide bonds. The van der Waals surface area contributed by atoms with Crippen LogP contribution in [0.5, 0.6) is 0 Å². The van der Waals surface area contributed by atoms with E-state index in [1.165, 1.54) is 0 Å². The standard InChI is InChI=1S/C21H20ClN3O/c1-14-7-6-8-17(11-14)21(26)24-23-13-18-12-15(2)25(16(18)3)20-10-5-4-9-19(20)22/h4-13H,1-3H3,(H,24,26)/b23-13-. The number of hydrazone groups is 1. The van der Waals surface area contributed by atoms with Crippen LogP contribution in [0.2, 0.25) is 5.02 Å². The van der Waals surface area contributed by atoms with E-state index in [0.29, 0.717) is 10.6 Å². The zero-order valence-electron chi connectivity index (χ0n) is 15.0. The van der Waals surface area contributed by atoms with Crippen molar-refractivity contribution >= 4 is 23.7 Å². The number of carbonyl (C=O) groups excluding carboxylic acids is 1. The molecule has 0 aliphatic rings. The number of rotatable bonds is 4. The van der Waals surface area contributed by atoms with E-state index < -0.39 is 0 Å². The van der Waals surface area contributed by atoms with Crippen molar-refractivity contribution in [3.63, 3.8) is 0 Å². The minimum atomic E-state index is -0.232. The Bertz CT molecular complexity index is 989. The Morgan fingerprint density at radius 2 is 1.85 bits per heavy atom. The maximum Gasteiger partial charge on any atom is 0.271 e. The van der Waals surface area contributed by atoms with Crippen LogP contribution in [0.4, 0.5) is 0 Å². The Hall–Kier alpha value is -2.85. The second-order valence-electron chi connectivity index (χ2n) is 6.18. The van der Waals surface area contributed by atoms with E-state index in [9.17, 15) is 4.79 Å². The molecule has 0 spiro atoms. The largest absolute Gasteiger partial charge is 0.316 e. The molecule has 1 aromatic heterocycles. The summed E-state index contributed by atoms with van der Waals surface area (Å²) < 4.78 is 2.08. The highest BCUT2D eigenvalue weighted by molar-refractivity contribution is 6.32. The highest BCUT2D eigenvalue weighted by Crippen LogP contribution is 2.25. The normalized spacial score (nSPS) is 11.1. The fraction of sp³-hybridized carbons (Fsp3) is 0.143. The number of carbonyl (C=O) groups is 1. The van der Waals surface area contributed by atoms with Crippen LogP contribution < -0.4 is 5.43 Å².